The molecule has 0 aliphatic rings. The molecule has 0 unspecified atom stereocenters. The molecule has 0 aliphatic carbocycles. The molecule has 0 N–H and O–H groups in total. The average molecular weight is 1930 g/mol. The second-order valence-corrected chi connectivity index (χ2v) is 29.7. The van der Waals surface area contributed by atoms with Crippen LogP contribution in [0.15, 0.2) is 313 Å². The number of thiocarbonyl (C=S) groups is 4. The van der Waals surface area contributed by atoms with Crippen LogP contribution in [-0.2, 0) is 58.0 Å². The quantitative estimate of drug-likeness (QED) is 0.0163. The summed E-state index contributed by atoms with van der Waals surface area (Å²) in [5.41, 5.74) is 12.2. The fourth-order valence-corrected chi connectivity index (χ4v) is 12.6. The first kappa shape index (κ1) is 106. The first-order valence-electron chi connectivity index (χ1n) is 39.5. The van der Waals surface area contributed by atoms with E-state index in [-0.39, 0.29) is 15.0 Å². The maximum atomic E-state index is 8.40. The number of rotatable bonds is 43. The molecule has 0 fully saturated rings. The van der Waals surface area contributed by atoms with Crippen molar-refractivity contribution in [3.8, 4) is 4.97 Å². The van der Waals surface area contributed by atoms with Crippen molar-refractivity contribution in [1.29, 1.82) is 5.26 Å². The van der Waals surface area contributed by atoms with Crippen molar-refractivity contribution in [2.24, 2.45) is 39.9 Å². The number of aryl methyl sites for hydroxylation is 5. The van der Waals surface area contributed by atoms with E-state index in [9.17, 15) is 0 Å². The van der Waals surface area contributed by atoms with Crippen LogP contribution in [0.25, 0.3) is 0 Å². The van der Waals surface area contributed by atoms with Crippen LogP contribution in [0.1, 0.15) is 166 Å². The predicted molar refractivity (Wildman–Crippen MR) is 513 cm³/mol. The Kier molecular flexibility index (Phi) is 80.3. The number of nitriles is 1. The zero-order chi connectivity index (χ0) is 82.8. The van der Waals surface area contributed by atoms with E-state index in [1.54, 1.807) is 0 Å². The normalized spacial score (nSPS) is 9.21. The van der Waals surface area contributed by atoms with Gasteiger partial charge in [-0.1, -0.05) is 141 Å². The molecule has 0 saturated heterocycles. The van der Waals surface area contributed by atoms with Gasteiger partial charge in [-0.3, -0.25) is 0 Å². The van der Waals surface area contributed by atoms with Crippen molar-refractivity contribution in [2.75, 3.05) is 39.3 Å². The van der Waals surface area contributed by atoms with E-state index in [0.717, 1.165) is 70.3 Å². The van der Waals surface area contributed by atoms with E-state index in [2.05, 4.69) is 372 Å². The van der Waals surface area contributed by atoms with E-state index < -0.39 is 0 Å². The molecule has 0 aliphatic heterocycles. The number of aliphatic imine (C=N–C) groups is 8. The molecule has 18 heteroatoms. The minimum atomic E-state index is 0.236. The summed E-state index contributed by atoms with van der Waals surface area (Å²) >= 11 is 28.6. The molecule has 0 saturated carbocycles. The second-order valence-electron chi connectivity index (χ2n) is 25.6. The van der Waals surface area contributed by atoms with Gasteiger partial charge in [0.05, 0.1) is 33.7 Å². The van der Waals surface area contributed by atoms with Gasteiger partial charge in [0.1, 0.15) is 0 Å². The molecule has 0 aromatic heterocycles. The van der Waals surface area contributed by atoms with Crippen LogP contribution in [0, 0.1) is 10.2 Å². The van der Waals surface area contributed by atoms with E-state index in [0.29, 0.717) is 13.1 Å². The molecule has 115 heavy (non-hydrogen) atoms. The van der Waals surface area contributed by atoms with Gasteiger partial charge < -0.3 is 0 Å². The standard InChI is InChI=1S/C13H17NS.2C13H17NSe.C12H15NS.C12H15NSe.C9H9NS.C9H9NSe.C8H7NS.C8H7NSe/c15-12-14-11-7-2-1-4-8-13-9-5-3-6-10-13;14-12-15-11-7-2-1-4-8-13-9-5-3-6-10-13;15-12-14-11-7-2-1-4-8-13-9-5-3-6-10-13;2*14-11-13-10-6-2-5-9-12-7-3-1-4-8-12;2*11-8-10-7-6-9-4-2-1-3-5-9;2*10-7-9-6-8-4-2-1-3-5-8/h3*3,5-6,9-10H,1-2,4,7-8,11H2;2*1,3-4,7-8H,2,5-6,9-10H2;2*1-5H,6-7H2;2*1-5H,6H2. The Morgan fingerprint density at radius 1 is 0.217 bits per heavy atom. The Hall–Kier alpha value is -7.41. The summed E-state index contributed by atoms with van der Waals surface area (Å²) < 4.78 is 10.6. The number of hydrogen-bond acceptors (Lipinski definition) is 13. The SMILES string of the molecule is N#C[Se]CCCCCCc1ccccc1.S=C=NCCCCCCc1ccccc1.S=C=NCCCCCc1ccccc1.S=C=NCCc1ccccc1.S=C=NCc1ccccc1.[Se]=C=NCCCCCCc1ccccc1.[Se]=C=NCCCCCc1ccccc1.[Se]=C=NCCc1ccccc1.[Se]=C=NCc1ccccc1. The van der Waals surface area contributed by atoms with Crippen molar-refractivity contribution < 1.29 is 0 Å². The summed E-state index contributed by atoms with van der Waals surface area (Å²) in [7, 11) is 0. The second kappa shape index (κ2) is 87.4. The van der Waals surface area contributed by atoms with Crippen LogP contribution in [0.4, 0.5) is 0 Å². The Morgan fingerprint density at radius 2 is 0.417 bits per heavy atom. The summed E-state index contributed by atoms with van der Waals surface area (Å²) in [6.07, 6.45) is 30.2. The van der Waals surface area contributed by atoms with Crippen molar-refractivity contribution >= 4 is 166 Å². The third-order valence-electron chi connectivity index (χ3n) is 16.6. The molecule has 0 heterocycles. The molecule has 9 aromatic rings. The number of nitrogens with zero attached hydrogens (tertiary/aromatic N) is 9. The molecule has 9 rings (SSSR count). The van der Waals surface area contributed by atoms with Gasteiger partial charge in [-0.15, -0.1) is 0 Å². The first-order chi connectivity index (χ1) is 56.9. The Morgan fingerprint density at radius 3 is 0.678 bits per heavy atom. The van der Waals surface area contributed by atoms with E-state index >= 15 is 0 Å². The van der Waals surface area contributed by atoms with Gasteiger partial charge in [0.15, 0.2) is 0 Å². The summed E-state index contributed by atoms with van der Waals surface area (Å²) in [6.45, 7) is 6.41. The zero-order valence-electron chi connectivity index (χ0n) is 66.7. The van der Waals surface area contributed by atoms with E-state index in [1.807, 2.05) is 97.1 Å². The molecule has 0 spiro atoms. The van der Waals surface area contributed by atoms with Gasteiger partial charge in [0, 0.05) is 13.1 Å². The fourth-order valence-electron chi connectivity index (χ4n) is 10.6. The van der Waals surface area contributed by atoms with Crippen LogP contribution >= 0.6 is 48.9 Å². The minimum absolute atomic E-state index is 0.236. The Bertz CT molecular complexity index is 3940. The van der Waals surface area contributed by atoms with Crippen molar-refractivity contribution in [1.82, 2.24) is 0 Å². The topological polar surface area (TPSA) is 123 Å². The molecule has 600 valence electrons. The molecule has 0 amide bonds. The molecular weight excluding hydrogens is 1810 g/mol. The third-order valence-corrected chi connectivity index (χ3v) is 19.5. The molecule has 0 atom stereocenters. The van der Waals surface area contributed by atoms with E-state index in [1.165, 1.54) is 185 Å². The maximum absolute atomic E-state index is 8.40. The van der Waals surface area contributed by atoms with Crippen LogP contribution in [-0.4, -0.2) is 156 Å². The summed E-state index contributed by atoms with van der Waals surface area (Å²) in [5, 5.41) is 19.0. The Labute approximate surface area is 749 Å². The van der Waals surface area contributed by atoms with Crippen molar-refractivity contribution in [2.45, 2.75) is 179 Å². The van der Waals surface area contributed by atoms with Crippen LogP contribution in [0.2, 0.25) is 5.32 Å². The summed E-state index contributed by atoms with van der Waals surface area (Å²) in [5.74, 6) is 0. The predicted octanol–water partition coefficient (Wildman–Crippen LogP) is 23.3. The van der Waals surface area contributed by atoms with Gasteiger partial charge in [-0.2, -0.15) is 0 Å². The number of hydrogen-bond donors (Lipinski definition) is 0. The molecule has 9 nitrogen and oxygen atoms in total. The van der Waals surface area contributed by atoms with Crippen LogP contribution in [0.5, 0.6) is 0 Å². The monoisotopic (exact) mass is 1930 g/mol. The van der Waals surface area contributed by atoms with Gasteiger partial charge >= 0.3 is 434 Å². The first-order valence-corrected chi connectivity index (χ1v) is 46.7. The molecular formula is C97H113N9S4Se5. The van der Waals surface area contributed by atoms with Gasteiger partial charge in [-0.05, 0) is 116 Å². The third kappa shape index (κ3) is 73.9. The molecule has 0 bridgehead atoms. The molecule has 0 radical (unpaired) electrons. The van der Waals surface area contributed by atoms with Crippen molar-refractivity contribution in [3.63, 3.8) is 0 Å². The van der Waals surface area contributed by atoms with Gasteiger partial charge in [-0.25, -0.2) is 20.0 Å². The molecule has 9 aromatic carbocycles. The summed E-state index contributed by atoms with van der Waals surface area (Å²) in [6, 6.07) is 93.8. The number of isothiocyanates is 4. The summed E-state index contributed by atoms with van der Waals surface area (Å²) in [4.78, 5) is 33.6. The van der Waals surface area contributed by atoms with Crippen molar-refractivity contribution in [3.05, 3.63) is 323 Å². The number of unbranched alkanes of at least 4 members (excludes halogenated alkanes) is 13. The van der Waals surface area contributed by atoms with Crippen LogP contribution in [0.3, 0.4) is 0 Å². The zero-order valence-corrected chi connectivity index (χ0v) is 78.6. The van der Waals surface area contributed by atoms with Gasteiger partial charge in [0.2, 0.25) is 0 Å². The number of benzene rings is 9. The van der Waals surface area contributed by atoms with E-state index in [4.69, 9.17) is 5.26 Å². The average Bonchev–Trinajstić information content (AvgIpc) is 1.08. The Balaban J connectivity index is 0.000000649. The van der Waals surface area contributed by atoms with Crippen LogP contribution < -0.4 is 0 Å². The fraction of sp³-hybridized carbons (Fsp3) is 0.351. The van der Waals surface area contributed by atoms with Gasteiger partial charge in [0.25, 0.3) is 0 Å².